The van der Waals surface area contributed by atoms with Gasteiger partial charge in [0.25, 0.3) is 5.56 Å². The van der Waals surface area contributed by atoms with E-state index in [0.717, 1.165) is 10.9 Å². The second-order valence-electron chi connectivity index (χ2n) is 3.85. The molecule has 0 aromatic carbocycles. The molecule has 0 aliphatic carbocycles. The molecule has 4 heteroatoms. The van der Waals surface area contributed by atoms with Gasteiger partial charge in [-0.25, -0.2) is 0 Å². The molecular formula is C12H14N2O2. The zero-order valence-corrected chi connectivity index (χ0v) is 9.32. The largest absolute Gasteiger partial charge is 0.387 e. The van der Waals surface area contributed by atoms with Crippen molar-refractivity contribution in [3.05, 3.63) is 39.9 Å². The molecule has 0 saturated heterocycles. The molecule has 84 valence electrons. The molecule has 2 rings (SSSR count). The third-order valence-corrected chi connectivity index (χ3v) is 2.63. The van der Waals surface area contributed by atoms with Crippen LogP contribution in [0.15, 0.2) is 23.1 Å². The standard InChI is InChI=1S/C12H14N2O2/c1-3-8-4-9-6-13-10(7(2)15)5-11(9)14-12(8)16/h4-7,15H,3H2,1-2H3,(H,14,16). The molecule has 2 heterocycles. The Bertz CT molecular complexity index is 573. The van der Waals surface area contributed by atoms with Gasteiger partial charge in [0.15, 0.2) is 0 Å². The van der Waals surface area contributed by atoms with E-state index in [2.05, 4.69) is 9.97 Å². The van der Waals surface area contributed by atoms with Gasteiger partial charge >= 0.3 is 0 Å². The number of aromatic amines is 1. The number of hydrogen-bond acceptors (Lipinski definition) is 3. The number of H-pyrrole nitrogens is 1. The quantitative estimate of drug-likeness (QED) is 0.803. The summed E-state index contributed by atoms with van der Waals surface area (Å²) in [5.74, 6) is 0. The minimum Gasteiger partial charge on any atom is -0.387 e. The van der Waals surface area contributed by atoms with E-state index >= 15 is 0 Å². The number of nitrogens with one attached hydrogen (secondary N) is 1. The van der Waals surface area contributed by atoms with Gasteiger partial charge < -0.3 is 10.1 Å². The van der Waals surface area contributed by atoms with E-state index < -0.39 is 6.10 Å². The predicted molar refractivity (Wildman–Crippen MR) is 62.4 cm³/mol. The summed E-state index contributed by atoms with van der Waals surface area (Å²) in [5, 5.41) is 10.3. The number of aromatic nitrogens is 2. The van der Waals surface area contributed by atoms with Crippen molar-refractivity contribution in [2.24, 2.45) is 0 Å². The van der Waals surface area contributed by atoms with Gasteiger partial charge in [0.2, 0.25) is 0 Å². The minimum atomic E-state index is -0.626. The first-order chi connectivity index (χ1) is 7.61. The molecule has 1 atom stereocenters. The smallest absolute Gasteiger partial charge is 0.251 e. The molecule has 0 bridgehead atoms. The van der Waals surface area contributed by atoms with Crippen LogP contribution in [0.4, 0.5) is 0 Å². The topological polar surface area (TPSA) is 66.0 Å². The number of fused-ring (bicyclic) bond motifs is 1. The number of pyridine rings is 2. The van der Waals surface area contributed by atoms with Crippen LogP contribution in [-0.2, 0) is 6.42 Å². The average molecular weight is 218 g/mol. The van der Waals surface area contributed by atoms with Crippen molar-refractivity contribution >= 4 is 10.9 Å². The normalized spacial score (nSPS) is 12.9. The second kappa shape index (κ2) is 4.06. The lowest BCUT2D eigenvalue weighted by Crippen LogP contribution is -2.11. The van der Waals surface area contributed by atoms with Crippen LogP contribution in [0.25, 0.3) is 10.9 Å². The summed E-state index contributed by atoms with van der Waals surface area (Å²) in [5.41, 5.74) is 1.96. The summed E-state index contributed by atoms with van der Waals surface area (Å²) in [6.07, 6.45) is 1.74. The zero-order valence-electron chi connectivity index (χ0n) is 9.32. The van der Waals surface area contributed by atoms with E-state index in [9.17, 15) is 9.90 Å². The first kappa shape index (κ1) is 10.8. The Morgan fingerprint density at radius 1 is 1.50 bits per heavy atom. The van der Waals surface area contributed by atoms with Crippen LogP contribution in [0.5, 0.6) is 0 Å². The highest BCUT2D eigenvalue weighted by atomic mass is 16.3. The van der Waals surface area contributed by atoms with Crippen molar-refractivity contribution in [3.63, 3.8) is 0 Å². The number of rotatable bonds is 2. The summed E-state index contributed by atoms with van der Waals surface area (Å²) in [4.78, 5) is 18.5. The van der Waals surface area contributed by atoms with E-state index in [0.29, 0.717) is 17.6 Å². The van der Waals surface area contributed by atoms with Gasteiger partial charge in [0.05, 0.1) is 17.3 Å². The molecule has 1 unspecified atom stereocenters. The molecule has 0 fully saturated rings. The Morgan fingerprint density at radius 2 is 2.25 bits per heavy atom. The molecular weight excluding hydrogens is 204 g/mol. The highest BCUT2D eigenvalue weighted by Gasteiger charge is 2.06. The third-order valence-electron chi connectivity index (χ3n) is 2.63. The van der Waals surface area contributed by atoms with Crippen LogP contribution >= 0.6 is 0 Å². The van der Waals surface area contributed by atoms with E-state index in [4.69, 9.17) is 0 Å². The van der Waals surface area contributed by atoms with E-state index in [1.54, 1.807) is 19.2 Å². The van der Waals surface area contributed by atoms with Crippen molar-refractivity contribution in [3.8, 4) is 0 Å². The molecule has 16 heavy (non-hydrogen) atoms. The Labute approximate surface area is 93.0 Å². The zero-order chi connectivity index (χ0) is 11.7. The summed E-state index contributed by atoms with van der Waals surface area (Å²) in [6.45, 7) is 3.58. The predicted octanol–water partition coefficient (Wildman–Crippen LogP) is 1.54. The van der Waals surface area contributed by atoms with Crippen LogP contribution in [0.1, 0.15) is 31.2 Å². The number of nitrogens with zero attached hydrogens (tertiary/aromatic N) is 1. The molecule has 0 saturated carbocycles. The lowest BCUT2D eigenvalue weighted by Gasteiger charge is -2.05. The van der Waals surface area contributed by atoms with Crippen molar-refractivity contribution in [1.29, 1.82) is 0 Å². The second-order valence-corrected chi connectivity index (χ2v) is 3.85. The minimum absolute atomic E-state index is 0.0715. The molecule has 0 aliphatic rings. The Balaban J connectivity index is 2.67. The highest BCUT2D eigenvalue weighted by Crippen LogP contribution is 2.15. The molecule has 2 N–H and O–H groups in total. The molecule has 0 aliphatic heterocycles. The Kier molecular flexibility index (Phi) is 2.75. The van der Waals surface area contributed by atoms with E-state index in [1.165, 1.54) is 0 Å². The molecule has 0 radical (unpaired) electrons. The Morgan fingerprint density at radius 3 is 2.88 bits per heavy atom. The maximum absolute atomic E-state index is 11.6. The fourth-order valence-electron chi connectivity index (χ4n) is 1.65. The molecule has 2 aromatic rings. The first-order valence-corrected chi connectivity index (χ1v) is 5.31. The third kappa shape index (κ3) is 1.84. The highest BCUT2D eigenvalue weighted by molar-refractivity contribution is 5.78. The van der Waals surface area contributed by atoms with Gasteiger partial charge in [0, 0.05) is 17.1 Å². The average Bonchev–Trinajstić information content (AvgIpc) is 2.27. The van der Waals surface area contributed by atoms with Crippen LogP contribution in [0.3, 0.4) is 0 Å². The molecule has 2 aromatic heterocycles. The first-order valence-electron chi connectivity index (χ1n) is 5.31. The van der Waals surface area contributed by atoms with Crippen molar-refractivity contribution in [1.82, 2.24) is 9.97 Å². The lowest BCUT2D eigenvalue weighted by atomic mass is 10.1. The fraction of sp³-hybridized carbons (Fsp3) is 0.333. The van der Waals surface area contributed by atoms with Gasteiger partial charge in [0.1, 0.15) is 0 Å². The summed E-state index contributed by atoms with van der Waals surface area (Å²) >= 11 is 0. The number of aliphatic hydroxyl groups excluding tert-OH is 1. The SMILES string of the molecule is CCc1cc2cnc(C(C)O)cc2[nH]c1=O. The van der Waals surface area contributed by atoms with Gasteiger partial charge in [-0.05, 0) is 25.5 Å². The molecule has 4 nitrogen and oxygen atoms in total. The van der Waals surface area contributed by atoms with E-state index in [1.807, 2.05) is 13.0 Å². The van der Waals surface area contributed by atoms with Gasteiger partial charge in [-0.3, -0.25) is 9.78 Å². The van der Waals surface area contributed by atoms with Crippen LogP contribution in [0, 0.1) is 0 Å². The van der Waals surface area contributed by atoms with Gasteiger partial charge in [-0.2, -0.15) is 0 Å². The van der Waals surface area contributed by atoms with Crippen molar-refractivity contribution in [2.75, 3.05) is 0 Å². The summed E-state index contributed by atoms with van der Waals surface area (Å²) in [6, 6.07) is 3.55. The van der Waals surface area contributed by atoms with Crippen LogP contribution in [0.2, 0.25) is 0 Å². The maximum atomic E-state index is 11.6. The lowest BCUT2D eigenvalue weighted by molar-refractivity contribution is 0.194. The Hall–Kier alpha value is -1.68. The van der Waals surface area contributed by atoms with Gasteiger partial charge in [-0.1, -0.05) is 6.92 Å². The number of aliphatic hydroxyl groups is 1. The van der Waals surface area contributed by atoms with E-state index in [-0.39, 0.29) is 5.56 Å². The molecule has 0 spiro atoms. The summed E-state index contributed by atoms with van der Waals surface area (Å²) < 4.78 is 0. The van der Waals surface area contributed by atoms with Crippen molar-refractivity contribution < 1.29 is 5.11 Å². The fourth-order valence-corrected chi connectivity index (χ4v) is 1.65. The monoisotopic (exact) mass is 218 g/mol. The van der Waals surface area contributed by atoms with Gasteiger partial charge in [-0.15, -0.1) is 0 Å². The number of aryl methyl sites for hydroxylation is 1. The van der Waals surface area contributed by atoms with Crippen LogP contribution < -0.4 is 5.56 Å². The molecule has 0 amide bonds. The van der Waals surface area contributed by atoms with Crippen molar-refractivity contribution in [2.45, 2.75) is 26.4 Å². The van der Waals surface area contributed by atoms with Crippen LogP contribution in [-0.4, -0.2) is 15.1 Å². The maximum Gasteiger partial charge on any atom is 0.251 e. The summed E-state index contributed by atoms with van der Waals surface area (Å²) in [7, 11) is 0. The number of hydrogen-bond donors (Lipinski definition) is 2.